The summed E-state index contributed by atoms with van der Waals surface area (Å²) in [5.74, 6) is -3.81. The Labute approximate surface area is 485 Å². The lowest BCUT2D eigenvalue weighted by atomic mass is 9.97. The molecule has 7 N–H and O–H groups in total. The van der Waals surface area contributed by atoms with Crippen LogP contribution < -0.4 is 31.9 Å². The first-order valence-electron chi connectivity index (χ1n) is 29.8. The van der Waals surface area contributed by atoms with Gasteiger partial charge >= 0.3 is 12.2 Å². The Kier molecular flexibility index (Phi) is 23.6. The molecule has 13 atom stereocenters. The zero-order valence-electron chi connectivity index (χ0n) is 51.0. The van der Waals surface area contributed by atoms with Crippen LogP contribution in [0.15, 0.2) is 25.3 Å². The average Bonchev–Trinajstić information content (AvgIpc) is 2.01. The molecule has 0 bridgehead atoms. The number of amides is 8. The molecule has 4 aliphatic heterocycles. The molecule has 462 valence electrons. The highest BCUT2D eigenvalue weighted by Crippen LogP contribution is 2.66. The highest BCUT2D eigenvalue weighted by molar-refractivity contribution is 6.38. The molecule has 0 spiro atoms. The molecule has 0 aromatic heterocycles. The molecule has 6 fully saturated rings. The molecule has 6 rings (SSSR count). The van der Waals surface area contributed by atoms with Crippen LogP contribution in [0.25, 0.3) is 0 Å². The molecule has 22 nitrogen and oxygen atoms in total. The summed E-state index contributed by atoms with van der Waals surface area (Å²) < 4.78 is 22.9. The largest absolute Gasteiger partial charge is 0.444 e. The van der Waals surface area contributed by atoms with E-state index in [-0.39, 0.29) is 47.6 Å². The van der Waals surface area contributed by atoms with Crippen LogP contribution in [0.5, 0.6) is 0 Å². The highest BCUT2D eigenvalue weighted by Gasteiger charge is 2.71. The van der Waals surface area contributed by atoms with Gasteiger partial charge in [-0.15, -0.1) is 13.2 Å². The Hall–Kier alpha value is -5.61. The van der Waals surface area contributed by atoms with Crippen molar-refractivity contribution in [3.05, 3.63) is 25.3 Å². The molecule has 0 aromatic carbocycles. The number of carbonyl (C=O) groups excluding carboxylic acids is 9. The van der Waals surface area contributed by atoms with Crippen molar-refractivity contribution in [3.63, 3.8) is 0 Å². The SMILES string of the molecule is C=CCNC(=O)C(=O)[C@@H]1CCCCCCCO[C@@H](C)[C@H](NC(=O)OC(C)(C)C)C(=O)N2C[C@H]3[C@@H]([C@H]2C(=O)N1)C3(C)C.C=CCNC(=O)C(O)[C@@H]1CCCCCCCO[C@@H](C)[C@H](NC(=O)OC(C)(C)C)C(=O)N2C[C@H]3[C@@H]([C@H]2C(=O)N1)C3(C)C. The fourth-order valence-electron chi connectivity index (χ4n) is 12.3. The lowest BCUT2D eigenvalue weighted by Gasteiger charge is -2.36. The maximum Gasteiger partial charge on any atom is 0.408 e. The van der Waals surface area contributed by atoms with E-state index in [2.05, 4.69) is 72.8 Å². The molecule has 4 heterocycles. The third-order valence-electron chi connectivity index (χ3n) is 17.1. The van der Waals surface area contributed by atoms with Gasteiger partial charge < -0.3 is 65.8 Å². The summed E-state index contributed by atoms with van der Waals surface area (Å²) in [6.45, 7) is 31.2. The van der Waals surface area contributed by atoms with Crippen molar-refractivity contribution in [1.29, 1.82) is 0 Å². The number of ether oxygens (including phenoxy) is 4. The molecule has 2 saturated carbocycles. The van der Waals surface area contributed by atoms with E-state index in [1.807, 2.05) is 0 Å². The Bertz CT molecular complexity index is 2310. The first-order valence-corrected chi connectivity index (χ1v) is 29.8. The van der Waals surface area contributed by atoms with Crippen molar-refractivity contribution >= 4 is 53.4 Å². The summed E-state index contributed by atoms with van der Waals surface area (Å²) in [7, 11) is 0. The number of Topliss-reactive ketones (excluding diaryl/α,β-unsaturated/α-hetero) is 1. The molecule has 6 aliphatic rings. The molecule has 22 heteroatoms. The van der Waals surface area contributed by atoms with Crippen LogP contribution in [-0.4, -0.2) is 173 Å². The minimum Gasteiger partial charge on any atom is -0.444 e. The monoisotopic (exact) mass is 1150 g/mol. The number of aliphatic hydroxyl groups excluding tert-OH is 1. The molecule has 0 aromatic rings. The molecule has 2 aliphatic carbocycles. The number of piperidine rings is 2. The van der Waals surface area contributed by atoms with Crippen molar-refractivity contribution in [2.24, 2.45) is 34.5 Å². The van der Waals surface area contributed by atoms with E-state index >= 15 is 0 Å². The fraction of sp³-hybridized carbons (Fsp3) is 0.783. The van der Waals surface area contributed by atoms with Gasteiger partial charge in [0.25, 0.3) is 11.8 Å². The third kappa shape index (κ3) is 17.7. The van der Waals surface area contributed by atoms with Gasteiger partial charge in [-0.05, 0) is 116 Å². The maximum atomic E-state index is 14.1. The first-order chi connectivity index (χ1) is 38.4. The summed E-state index contributed by atoms with van der Waals surface area (Å²) in [6.07, 6.45) is 7.72. The van der Waals surface area contributed by atoms with Crippen LogP contribution in [0.3, 0.4) is 0 Å². The number of alkyl carbamates (subject to hydrolysis) is 2. The summed E-state index contributed by atoms with van der Waals surface area (Å²) in [4.78, 5) is 123. The van der Waals surface area contributed by atoms with Crippen molar-refractivity contribution in [1.82, 2.24) is 41.7 Å². The van der Waals surface area contributed by atoms with Crippen LogP contribution in [-0.2, 0) is 52.5 Å². The second-order valence-corrected chi connectivity index (χ2v) is 26.3. The number of rotatable bonds is 10. The van der Waals surface area contributed by atoms with E-state index in [4.69, 9.17) is 18.9 Å². The van der Waals surface area contributed by atoms with Gasteiger partial charge in [0.05, 0.1) is 24.3 Å². The van der Waals surface area contributed by atoms with Crippen LogP contribution in [0, 0.1) is 34.5 Å². The number of nitrogens with zero attached hydrogens (tertiary/aromatic N) is 2. The Morgan fingerprint density at radius 2 is 1.05 bits per heavy atom. The van der Waals surface area contributed by atoms with Crippen LogP contribution in [0.4, 0.5) is 9.59 Å². The predicted molar refractivity (Wildman–Crippen MR) is 306 cm³/mol. The van der Waals surface area contributed by atoms with Gasteiger partial charge in [0.1, 0.15) is 35.4 Å². The minimum absolute atomic E-state index is 0.0869. The van der Waals surface area contributed by atoms with E-state index in [1.165, 1.54) is 22.0 Å². The van der Waals surface area contributed by atoms with Crippen molar-refractivity contribution in [2.75, 3.05) is 39.4 Å². The average molecular weight is 1160 g/mol. The summed E-state index contributed by atoms with van der Waals surface area (Å²) in [6, 6.07) is -5.60. The Balaban J connectivity index is 0.000000301. The van der Waals surface area contributed by atoms with Crippen molar-refractivity contribution in [2.45, 2.75) is 226 Å². The third-order valence-corrected chi connectivity index (χ3v) is 17.1. The zero-order valence-corrected chi connectivity index (χ0v) is 51.0. The second-order valence-electron chi connectivity index (χ2n) is 26.3. The quantitative estimate of drug-likeness (QED) is 0.115. The van der Waals surface area contributed by atoms with Gasteiger partial charge in [-0.2, -0.15) is 0 Å². The smallest absolute Gasteiger partial charge is 0.408 e. The summed E-state index contributed by atoms with van der Waals surface area (Å²) in [5, 5.41) is 27.2. The highest BCUT2D eigenvalue weighted by atomic mass is 16.6. The fourth-order valence-corrected chi connectivity index (χ4v) is 12.3. The van der Waals surface area contributed by atoms with E-state index < -0.39 is 119 Å². The standard InChI is InChI=1S/C30H50N4O7.C30H48N4O7/c2*1-8-15-31-26(37)24(35)20-14-12-10-9-11-13-16-40-18(2)22(33-28(39)41-29(3,4)5)27(38)34-17-19-21(30(19,6)7)23(34)25(36)32-20/h8,18-24,35H,1,9-17H2,2-7H3,(H,31,37)(H,32,36)(H,33,39);8,18-23H,1,9-17H2,2-7H3,(H,31,37)(H,32,36)(H,33,39)/t18-,19-,20-,21-,22-,23-,24?;18-,19-,20-,21-,22-,23-/m00/s1. The molecule has 0 radical (unpaired) electrons. The summed E-state index contributed by atoms with van der Waals surface area (Å²) in [5.41, 5.74) is -1.84. The van der Waals surface area contributed by atoms with Gasteiger partial charge in [-0.3, -0.25) is 33.6 Å². The van der Waals surface area contributed by atoms with Gasteiger partial charge in [0.15, 0.2) is 6.10 Å². The molecular weight excluding hydrogens is 1060 g/mol. The van der Waals surface area contributed by atoms with Gasteiger partial charge in [-0.1, -0.05) is 91.2 Å². The lowest BCUT2D eigenvalue weighted by molar-refractivity contribution is -0.146. The molecule has 82 heavy (non-hydrogen) atoms. The van der Waals surface area contributed by atoms with Gasteiger partial charge in [0.2, 0.25) is 29.4 Å². The van der Waals surface area contributed by atoms with E-state index in [1.54, 1.807) is 55.4 Å². The number of nitrogens with one attached hydrogen (secondary N) is 6. The van der Waals surface area contributed by atoms with Crippen molar-refractivity contribution < 1.29 is 67.2 Å². The van der Waals surface area contributed by atoms with Crippen LogP contribution in [0.2, 0.25) is 0 Å². The number of aliphatic hydroxyl groups is 1. The van der Waals surface area contributed by atoms with E-state index in [0.717, 1.165) is 57.8 Å². The number of ketones is 1. The van der Waals surface area contributed by atoms with Gasteiger partial charge in [-0.25, -0.2) is 9.59 Å². The topological polar surface area (TPSA) is 289 Å². The predicted octanol–water partition coefficient (Wildman–Crippen LogP) is 4.75. The second kappa shape index (κ2) is 28.8. The number of hydrogen-bond acceptors (Lipinski definition) is 14. The Morgan fingerprint density at radius 1 is 0.646 bits per heavy atom. The number of carbonyl (C=O) groups is 9. The lowest BCUT2D eigenvalue weighted by Crippen LogP contribution is -2.61. The normalized spacial score (nSPS) is 31.2. The van der Waals surface area contributed by atoms with Crippen LogP contribution in [0.1, 0.15) is 160 Å². The first kappa shape index (κ1) is 67.2. The molecule has 8 amide bonds. The van der Waals surface area contributed by atoms with Crippen LogP contribution >= 0.6 is 0 Å². The van der Waals surface area contributed by atoms with Crippen molar-refractivity contribution in [3.8, 4) is 0 Å². The minimum atomic E-state index is -1.44. The molecule has 1 unspecified atom stereocenters. The Morgan fingerprint density at radius 3 is 1.49 bits per heavy atom. The van der Waals surface area contributed by atoms with E-state index in [9.17, 15) is 48.3 Å². The molecular formula is C60H98N8O14. The van der Waals surface area contributed by atoms with Gasteiger partial charge in [0, 0.05) is 39.4 Å². The summed E-state index contributed by atoms with van der Waals surface area (Å²) >= 11 is 0. The number of fused-ring (bicyclic) bond motifs is 6. The molecule has 4 saturated heterocycles. The zero-order chi connectivity index (χ0) is 61.1. The maximum absolute atomic E-state index is 14.1. The van der Waals surface area contributed by atoms with E-state index in [0.29, 0.717) is 45.6 Å². The number of hydrogen-bond donors (Lipinski definition) is 7.